The maximum absolute atomic E-state index is 9.00. The van der Waals surface area contributed by atoms with Gasteiger partial charge in [-0.05, 0) is 0 Å². The molecule has 0 aliphatic rings. The van der Waals surface area contributed by atoms with Crippen molar-refractivity contribution in [2.24, 2.45) is 0 Å². The van der Waals surface area contributed by atoms with Crippen molar-refractivity contribution in [3.05, 3.63) is 0 Å². The van der Waals surface area contributed by atoms with Crippen LogP contribution in [-0.4, -0.2) is 27.0 Å². The molecule has 0 rings (SSSR count). The van der Waals surface area contributed by atoms with Crippen molar-refractivity contribution in [2.75, 3.05) is 0 Å². The molecule has 0 radical (unpaired) electrons. The molecule has 56 valence electrons. The molecule has 11 heavy (non-hydrogen) atoms. The van der Waals surface area contributed by atoms with Gasteiger partial charge in [-0.15, -0.1) is 0 Å². The van der Waals surface area contributed by atoms with Crippen LogP contribution in [0.15, 0.2) is 0 Å². The van der Waals surface area contributed by atoms with E-state index in [9.17, 15) is 0 Å². The summed E-state index contributed by atoms with van der Waals surface area (Å²) in [6.07, 6.45) is 0. The second kappa shape index (κ2) is 42.2. The third-order valence-electron chi connectivity index (χ3n) is 0. The second-order valence-corrected chi connectivity index (χ2v) is 0.723. The topological polar surface area (TPSA) is 100 Å². The maximum Gasteiger partial charge on any atom is 1.00 e. The number of carbonyl (C=O) groups excluding carboxylic acids is 1. The minimum absolute atomic E-state index is 0. The van der Waals surface area contributed by atoms with E-state index in [1.54, 1.807) is 0 Å². The van der Waals surface area contributed by atoms with E-state index >= 15 is 0 Å². The molecule has 0 bridgehead atoms. The van der Waals surface area contributed by atoms with Crippen LogP contribution in [0.5, 0.6) is 0 Å². The van der Waals surface area contributed by atoms with Gasteiger partial charge < -0.3 is 31.3 Å². The van der Waals surface area contributed by atoms with Crippen LogP contribution in [0.4, 0.5) is 0 Å². The Balaban J connectivity index is -0.0000000158. The van der Waals surface area contributed by atoms with Gasteiger partial charge >= 0.3 is 59.1 Å². The van der Waals surface area contributed by atoms with Gasteiger partial charge in [-0.25, -0.2) is 0 Å². The molecule has 0 aromatic rings. The van der Waals surface area contributed by atoms with Gasteiger partial charge in [-0.2, -0.15) is 0 Å². The summed E-state index contributed by atoms with van der Waals surface area (Å²) in [4.78, 5) is 17.0. The van der Waals surface area contributed by atoms with Crippen molar-refractivity contribution in [3.8, 4) is 0 Å². The molecule has 0 heterocycles. The average Bonchev–Trinajstić information content (AvgIpc) is 1.71. The second-order valence-electron chi connectivity index (χ2n) is 0.587. The van der Waals surface area contributed by atoms with Crippen molar-refractivity contribution < 1.29 is 82.9 Å². The molecule has 5 nitrogen and oxygen atoms in total. The van der Waals surface area contributed by atoms with Gasteiger partial charge in [0.2, 0.25) is 0 Å². The molecule has 0 aromatic heterocycles. The largest absolute Gasteiger partial charge is 1.00 e. The van der Waals surface area contributed by atoms with Crippen molar-refractivity contribution in [2.45, 2.75) is 6.92 Å². The summed E-state index contributed by atoms with van der Waals surface area (Å²) in [6, 6.07) is 0. The van der Waals surface area contributed by atoms with Crippen LogP contribution < -0.4 is 59.1 Å². The van der Waals surface area contributed by atoms with Gasteiger partial charge in [0.25, 0.3) is 5.97 Å². The van der Waals surface area contributed by atoms with Crippen LogP contribution in [0.2, 0.25) is 0 Å². The van der Waals surface area contributed by atoms with Crippen LogP contribution in [0.3, 0.4) is 0 Å². The summed E-state index contributed by atoms with van der Waals surface area (Å²) < 4.78 is 16.6. The number of carbonyl (C=O) groups is 2. The van der Waals surface area contributed by atoms with Crippen LogP contribution in [0.1, 0.15) is 6.92 Å². The summed E-state index contributed by atoms with van der Waals surface area (Å²) >= 11 is -0.750. The van der Waals surface area contributed by atoms with Crippen molar-refractivity contribution in [3.63, 3.8) is 0 Å². The number of carboxylic acid groups (broad SMARTS) is 1. The van der Waals surface area contributed by atoms with E-state index in [1.165, 1.54) is 0 Å². The monoisotopic (exact) mass is 200 g/mol. The Hall–Kier alpha value is 1.41. The third kappa shape index (κ3) is 508. The Morgan fingerprint density at radius 3 is 1.36 bits per heavy atom. The molecular formula is C3H6Na2O5S. The summed E-state index contributed by atoms with van der Waals surface area (Å²) in [6.45, 7) is 3.08. The van der Waals surface area contributed by atoms with Gasteiger partial charge in [0.05, 0.1) is 0 Å². The predicted octanol–water partition coefficient (Wildman–Crippen LogP) is -6.11. The number of hydrogen-bond acceptors (Lipinski definition) is 5. The summed E-state index contributed by atoms with van der Waals surface area (Å²) in [5.74, 6) is -0.833. The molecule has 0 saturated carbocycles. The molecule has 0 aliphatic carbocycles. The first-order chi connectivity index (χ1) is 4.15. The summed E-state index contributed by atoms with van der Waals surface area (Å²) in [5.41, 5.74) is 0. The zero-order chi connectivity index (χ0) is 8.28. The Morgan fingerprint density at radius 1 is 1.36 bits per heavy atom. The molecule has 8 heteroatoms. The van der Waals surface area contributed by atoms with Crippen molar-refractivity contribution in [1.29, 1.82) is 0 Å². The van der Waals surface area contributed by atoms with E-state index in [0.29, 0.717) is 0 Å². The van der Waals surface area contributed by atoms with Crippen molar-refractivity contribution in [1.82, 2.24) is 0 Å². The standard InChI is InChI=1S/C2H4O2.CH2O.2Na.H2O2S/c1-2(3)4;1-2;;;1-3-2/h1H3,(H,3,4);1H2;;;1-2H/q;;2*+1;/p-2. The summed E-state index contributed by atoms with van der Waals surface area (Å²) in [7, 11) is 0. The fourth-order valence-corrected chi connectivity index (χ4v) is 0. The Labute approximate surface area is 114 Å². The molecule has 1 N–H and O–H groups in total. The quantitative estimate of drug-likeness (QED) is 0.308. The maximum atomic E-state index is 9.00. The zero-order valence-electron chi connectivity index (χ0n) is 6.70. The van der Waals surface area contributed by atoms with E-state index in [0.717, 1.165) is 6.92 Å². The van der Waals surface area contributed by atoms with E-state index in [2.05, 4.69) is 0 Å². The summed E-state index contributed by atoms with van der Waals surface area (Å²) in [5, 5.41) is 7.42. The predicted molar refractivity (Wildman–Crippen MR) is 29.6 cm³/mol. The normalized spacial score (nSPS) is 4.27. The molecule has 0 amide bonds. The molecule has 0 saturated heterocycles. The van der Waals surface area contributed by atoms with Crippen LogP contribution in [0.25, 0.3) is 0 Å². The zero-order valence-corrected chi connectivity index (χ0v) is 11.5. The van der Waals surface area contributed by atoms with Gasteiger partial charge in [-0.3, -0.25) is 4.79 Å². The van der Waals surface area contributed by atoms with E-state index in [-0.39, 0.29) is 59.1 Å². The average molecular weight is 200 g/mol. The number of carboxylic acids is 1. The minimum Gasteiger partial charge on any atom is -0.811 e. The molecule has 0 aliphatic heterocycles. The van der Waals surface area contributed by atoms with Gasteiger partial charge in [0.15, 0.2) is 0 Å². The van der Waals surface area contributed by atoms with Gasteiger partial charge in [0, 0.05) is 6.92 Å². The fraction of sp³-hybridized carbons (Fsp3) is 0.333. The Kier molecular flexibility index (Phi) is 113. The molecule has 0 aromatic carbocycles. The molecule has 0 unspecified atom stereocenters. The Morgan fingerprint density at radius 2 is 1.36 bits per heavy atom. The van der Waals surface area contributed by atoms with Crippen LogP contribution in [0, 0.1) is 0 Å². The van der Waals surface area contributed by atoms with E-state index < -0.39 is 18.3 Å². The first kappa shape index (κ1) is 29.4. The smallest absolute Gasteiger partial charge is 0.811 e. The fourth-order valence-electron chi connectivity index (χ4n) is 0. The first-order valence-corrected chi connectivity index (χ1v) is 2.22. The molecule has 0 fully saturated rings. The van der Waals surface area contributed by atoms with Gasteiger partial charge in [0.1, 0.15) is 6.79 Å². The molecule has 0 spiro atoms. The number of hydrogen-bond donors (Lipinski definition) is 1. The van der Waals surface area contributed by atoms with Crippen LogP contribution >= 0.6 is 12.3 Å². The first-order valence-electron chi connectivity index (χ1n) is 1.55. The number of aliphatic carboxylic acids is 1. The Bertz CT molecular complexity index is 59.7. The minimum atomic E-state index is -0.833. The van der Waals surface area contributed by atoms with Gasteiger partial charge in [-0.1, -0.05) is 0 Å². The molecular weight excluding hydrogens is 194 g/mol. The van der Waals surface area contributed by atoms with Crippen molar-refractivity contribution >= 4 is 25.1 Å². The number of rotatable bonds is 0. The SMILES string of the molecule is C=O.CC(=O)O.[Na+].[Na+].[O-]S[O-]. The van der Waals surface area contributed by atoms with E-state index in [4.69, 9.17) is 23.8 Å². The van der Waals surface area contributed by atoms with E-state index in [1.807, 2.05) is 6.79 Å². The molecule has 0 atom stereocenters. The van der Waals surface area contributed by atoms with Crippen LogP contribution in [-0.2, 0) is 9.59 Å². The third-order valence-corrected chi connectivity index (χ3v) is 0.